The Morgan fingerprint density at radius 3 is 2.27 bits per heavy atom. The van der Waals surface area contributed by atoms with E-state index in [9.17, 15) is 0 Å². The summed E-state index contributed by atoms with van der Waals surface area (Å²) in [6, 6.07) is 4.13. The van der Waals surface area contributed by atoms with Gasteiger partial charge in [0.05, 0.1) is 5.52 Å². The Morgan fingerprint density at radius 1 is 0.808 bits per heavy atom. The summed E-state index contributed by atoms with van der Waals surface area (Å²) < 4.78 is 0. The molecule has 0 fully saturated rings. The molecule has 4 rings (SSSR count). The molecule has 0 saturated heterocycles. The van der Waals surface area contributed by atoms with Crippen molar-refractivity contribution in [3.05, 3.63) is 35.9 Å². The Balaban J connectivity index is 1.81. The van der Waals surface area contributed by atoms with Gasteiger partial charge in [0.1, 0.15) is 17.2 Å². The number of hydrogen-bond donors (Lipinski definition) is 2. The number of imidazole rings is 2. The summed E-state index contributed by atoms with van der Waals surface area (Å²) in [6.07, 6.45) is 3.74. The second kappa shape index (κ2) is 5.37. The molecule has 0 aliphatic rings. The van der Waals surface area contributed by atoms with Crippen LogP contribution in [-0.2, 0) is 10.8 Å². The van der Waals surface area contributed by atoms with Crippen LogP contribution in [0.5, 0.6) is 0 Å². The molecular formula is C20H24N6. The van der Waals surface area contributed by atoms with Gasteiger partial charge in [-0.3, -0.25) is 4.98 Å². The number of H-pyrrole nitrogens is 2. The highest BCUT2D eigenvalue weighted by molar-refractivity contribution is 5.87. The number of aromatic nitrogens is 6. The van der Waals surface area contributed by atoms with Gasteiger partial charge in [-0.25, -0.2) is 15.0 Å². The average molecular weight is 348 g/mol. The third kappa shape index (κ3) is 2.85. The summed E-state index contributed by atoms with van der Waals surface area (Å²) in [7, 11) is 0. The smallest absolute Gasteiger partial charge is 0.179 e. The molecule has 6 nitrogen and oxygen atoms in total. The molecule has 4 heterocycles. The Bertz CT molecular complexity index is 1050. The number of rotatable bonds is 1. The lowest BCUT2D eigenvalue weighted by Gasteiger charge is -2.18. The first kappa shape index (κ1) is 16.7. The van der Waals surface area contributed by atoms with Gasteiger partial charge >= 0.3 is 0 Å². The summed E-state index contributed by atoms with van der Waals surface area (Å²) in [5.41, 5.74) is 5.29. The van der Waals surface area contributed by atoms with Crippen LogP contribution in [0.4, 0.5) is 0 Å². The topological polar surface area (TPSA) is 83.1 Å². The molecule has 0 atom stereocenters. The van der Waals surface area contributed by atoms with E-state index in [1.54, 1.807) is 0 Å². The zero-order valence-corrected chi connectivity index (χ0v) is 16.1. The lowest BCUT2D eigenvalue weighted by molar-refractivity contribution is 0.554. The van der Waals surface area contributed by atoms with E-state index < -0.39 is 0 Å². The Morgan fingerprint density at radius 2 is 1.58 bits per heavy atom. The van der Waals surface area contributed by atoms with E-state index >= 15 is 0 Å². The van der Waals surface area contributed by atoms with Crippen molar-refractivity contribution < 1.29 is 0 Å². The molecule has 0 aliphatic carbocycles. The second-order valence-electron chi connectivity index (χ2n) is 8.86. The van der Waals surface area contributed by atoms with Crippen molar-refractivity contribution in [3.63, 3.8) is 0 Å². The minimum Gasteiger partial charge on any atom is -0.340 e. The molecule has 4 aromatic rings. The summed E-state index contributed by atoms with van der Waals surface area (Å²) >= 11 is 0. The molecule has 0 aliphatic heterocycles. The molecule has 134 valence electrons. The number of fused-ring (bicyclic) bond motifs is 2. The molecule has 4 aromatic heterocycles. The molecule has 6 heteroatoms. The maximum atomic E-state index is 4.72. The number of aromatic amines is 2. The molecule has 0 amide bonds. The highest BCUT2D eigenvalue weighted by Gasteiger charge is 2.20. The van der Waals surface area contributed by atoms with Crippen LogP contribution in [0.2, 0.25) is 0 Å². The third-order valence-corrected chi connectivity index (χ3v) is 4.51. The monoisotopic (exact) mass is 348 g/mol. The van der Waals surface area contributed by atoms with Crippen molar-refractivity contribution in [1.29, 1.82) is 0 Å². The van der Waals surface area contributed by atoms with Gasteiger partial charge in [-0.15, -0.1) is 0 Å². The largest absolute Gasteiger partial charge is 0.340 e. The van der Waals surface area contributed by atoms with Gasteiger partial charge in [0, 0.05) is 23.4 Å². The fourth-order valence-corrected chi connectivity index (χ4v) is 2.84. The number of nitrogens with zero attached hydrogens (tertiary/aromatic N) is 4. The minimum absolute atomic E-state index is 0.0381. The molecule has 0 saturated carbocycles. The summed E-state index contributed by atoms with van der Waals surface area (Å²) in [4.78, 5) is 25.1. The van der Waals surface area contributed by atoms with Gasteiger partial charge in [0.25, 0.3) is 0 Å². The fraction of sp³-hybridized carbons (Fsp3) is 0.400. The van der Waals surface area contributed by atoms with E-state index in [1.165, 1.54) is 5.56 Å². The van der Waals surface area contributed by atoms with E-state index in [-0.39, 0.29) is 10.8 Å². The minimum atomic E-state index is -0.0495. The van der Waals surface area contributed by atoms with Crippen molar-refractivity contribution in [2.45, 2.75) is 52.4 Å². The van der Waals surface area contributed by atoms with Crippen molar-refractivity contribution in [2.24, 2.45) is 0 Å². The third-order valence-electron chi connectivity index (χ3n) is 4.51. The maximum absolute atomic E-state index is 4.72. The quantitative estimate of drug-likeness (QED) is 0.531. The van der Waals surface area contributed by atoms with Crippen molar-refractivity contribution in [3.8, 4) is 11.4 Å². The molecule has 2 N–H and O–H groups in total. The molecular weight excluding hydrogens is 324 g/mol. The molecule has 0 bridgehead atoms. The Hall–Kier alpha value is -2.76. The molecule has 26 heavy (non-hydrogen) atoms. The van der Waals surface area contributed by atoms with E-state index in [1.807, 2.05) is 18.5 Å². The van der Waals surface area contributed by atoms with Crippen LogP contribution >= 0.6 is 0 Å². The number of hydrogen-bond acceptors (Lipinski definition) is 4. The second-order valence-corrected chi connectivity index (χ2v) is 8.86. The van der Waals surface area contributed by atoms with Crippen LogP contribution < -0.4 is 0 Å². The Kier molecular flexibility index (Phi) is 3.45. The van der Waals surface area contributed by atoms with Crippen molar-refractivity contribution in [2.75, 3.05) is 0 Å². The van der Waals surface area contributed by atoms with Gasteiger partial charge < -0.3 is 9.97 Å². The predicted octanol–water partition coefficient (Wildman–Crippen LogP) is 4.49. The van der Waals surface area contributed by atoms with Gasteiger partial charge in [0.15, 0.2) is 11.3 Å². The van der Waals surface area contributed by atoms with E-state index in [4.69, 9.17) is 4.98 Å². The van der Waals surface area contributed by atoms with Gasteiger partial charge in [-0.2, -0.15) is 0 Å². The zero-order chi connectivity index (χ0) is 18.7. The van der Waals surface area contributed by atoms with Crippen molar-refractivity contribution >= 4 is 22.3 Å². The summed E-state index contributed by atoms with van der Waals surface area (Å²) in [6.45, 7) is 12.9. The standard InChI is InChI=1S/C20H24N6/c1-19(2,3)12-7-11(9-21-10-12)15-22-13-8-14-17(25-16(13)24-15)26-18(23-14)20(4,5)6/h7-10H,1-6H3,(H2,22,23,24,25,26). The summed E-state index contributed by atoms with van der Waals surface area (Å²) in [5.74, 6) is 1.70. The average Bonchev–Trinajstić information content (AvgIpc) is 3.14. The van der Waals surface area contributed by atoms with E-state index in [2.05, 4.69) is 72.5 Å². The molecule has 0 radical (unpaired) electrons. The SMILES string of the molecule is CC(C)(C)c1cncc(-c2nc3cc4[nH]c(C(C)(C)C)nc4nc3[nH]2)c1. The zero-order valence-electron chi connectivity index (χ0n) is 16.1. The van der Waals surface area contributed by atoms with E-state index in [0.717, 1.165) is 33.9 Å². The lowest BCUT2D eigenvalue weighted by atomic mass is 9.87. The van der Waals surface area contributed by atoms with Crippen LogP contribution in [0.1, 0.15) is 52.9 Å². The van der Waals surface area contributed by atoms with Crippen LogP contribution in [0.15, 0.2) is 24.5 Å². The highest BCUT2D eigenvalue weighted by Crippen LogP contribution is 2.28. The predicted molar refractivity (Wildman–Crippen MR) is 104 cm³/mol. The van der Waals surface area contributed by atoms with Crippen molar-refractivity contribution in [1.82, 2.24) is 29.9 Å². The van der Waals surface area contributed by atoms with Gasteiger partial charge in [0.2, 0.25) is 0 Å². The first-order valence-electron chi connectivity index (χ1n) is 8.84. The van der Waals surface area contributed by atoms with Crippen LogP contribution in [0.25, 0.3) is 33.7 Å². The maximum Gasteiger partial charge on any atom is 0.179 e. The summed E-state index contributed by atoms with van der Waals surface area (Å²) in [5, 5.41) is 0. The lowest BCUT2D eigenvalue weighted by Crippen LogP contribution is -2.12. The normalized spacial score (nSPS) is 13.0. The van der Waals surface area contributed by atoms with Crippen LogP contribution in [0, 0.1) is 0 Å². The van der Waals surface area contributed by atoms with Gasteiger partial charge in [-0.05, 0) is 23.1 Å². The van der Waals surface area contributed by atoms with E-state index in [0.29, 0.717) is 5.65 Å². The first-order chi connectivity index (χ1) is 12.1. The van der Waals surface area contributed by atoms with Crippen LogP contribution in [-0.4, -0.2) is 29.9 Å². The number of pyridine rings is 2. The Labute approximate surface area is 152 Å². The molecule has 0 aromatic carbocycles. The first-order valence-corrected chi connectivity index (χ1v) is 8.84. The molecule has 0 unspecified atom stereocenters. The van der Waals surface area contributed by atoms with Gasteiger partial charge in [-0.1, -0.05) is 41.5 Å². The molecule has 0 spiro atoms. The highest BCUT2D eigenvalue weighted by atomic mass is 15.1. The number of nitrogens with one attached hydrogen (secondary N) is 2. The fourth-order valence-electron chi connectivity index (χ4n) is 2.84. The van der Waals surface area contributed by atoms with Crippen LogP contribution in [0.3, 0.4) is 0 Å².